The van der Waals surface area contributed by atoms with Crippen molar-refractivity contribution < 1.29 is 5.11 Å². The van der Waals surface area contributed by atoms with Crippen molar-refractivity contribution in [2.75, 3.05) is 25.5 Å². The van der Waals surface area contributed by atoms with Crippen LogP contribution in [0.5, 0.6) is 0 Å². The second-order valence-electron chi connectivity index (χ2n) is 5.43. The molecule has 5 nitrogen and oxygen atoms in total. The molecule has 0 aliphatic heterocycles. The number of aliphatic hydroxyl groups is 1. The molecule has 0 saturated carbocycles. The highest BCUT2D eigenvalue weighted by molar-refractivity contribution is 7.18. The smallest absolute Gasteiger partial charge is 0.146 e. The van der Waals surface area contributed by atoms with Crippen LogP contribution < -0.4 is 5.32 Å². The first-order valence-corrected chi connectivity index (χ1v) is 8.11. The van der Waals surface area contributed by atoms with Crippen molar-refractivity contribution in [2.45, 2.75) is 40.3 Å². The zero-order valence-electron chi connectivity index (χ0n) is 13.4. The van der Waals surface area contributed by atoms with Gasteiger partial charge in [-0.2, -0.15) is 0 Å². The highest BCUT2D eigenvalue weighted by Gasteiger charge is 2.16. The third-order valence-electron chi connectivity index (χ3n) is 3.83. The Morgan fingerprint density at radius 2 is 2.05 bits per heavy atom. The molecule has 1 unspecified atom stereocenters. The Balaban J connectivity index is 2.42. The molecule has 0 fully saturated rings. The van der Waals surface area contributed by atoms with E-state index in [-0.39, 0.29) is 12.6 Å². The second-order valence-corrected chi connectivity index (χ2v) is 6.63. The Hall–Kier alpha value is -1.24. The van der Waals surface area contributed by atoms with E-state index >= 15 is 0 Å². The zero-order valence-corrected chi connectivity index (χ0v) is 14.2. The summed E-state index contributed by atoms with van der Waals surface area (Å²) in [4.78, 5) is 13.8. The molecule has 0 aromatic carbocycles. The molecule has 2 aromatic rings. The van der Waals surface area contributed by atoms with E-state index in [9.17, 15) is 5.11 Å². The number of aromatic nitrogens is 2. The molecule has 2 rings (SSSR count). The number of likely N-dealkylation sites (N-methyl/N-ethyl adjacent to an activating group) is 1. The number of hydrogen-bond acceptors (Lipinski definition) is 6. The van der Waals surface area contributed by atoms with Gasteiger partial charge < -0.3 is 10.4 Å². The quantitative estimate of drug-likeness (QED) is 0.859. The Morgan fingerprint density at radius 1 is 1.33 bits per heavy atom. The molecule has 2 N–H and O–H groups in total. The summed E-state index contributed by atoms with van der Waals surface area (Å²) in [6.07, 6.45) is 0. The Morgan fingerprint density at radius 3 is 2.67 bits per heavy atom. The van der Waals surface area contributed by atoms with E-state index in [1.165, 1.54) is 10.4 Å². The van der Waals surface area contributed by atoms with Crippen molar-refractivity contribution in [1.29, 1.82) is 0 Å². The summed E-state index contributed by atoms with van der Waals surface area (Å²) in [5, 5.41) is 13.7. The largest absolute Gasteiger partial charge is 0.395 e. The molecular weight excluding hydrogens is 284 g/mol. The summed E-state index contributed by atoms with van der Waals surface area (Å²) in [6, 6.07) is 0.0960. The van der Waals surface area contributed by atoms with Gasteiger partial charge in [-0.1, -0.05) is 0 Å². The minimum Gasteiger partial charge on any atom is -0.395 e. The van der Waals surface area contributed by atoms with Gasteiger partial charge in [0.25, 0.3) is 0 Å². The third-order valence-corrected chi connectivity index (χ3v) is 4.93. The molecule has 116 valence electrons. The Bertz CT molecular complexity index is 626. The number of anilines is 1. The van der Waals surface area contributed by atoms with Crippen LogP contribution in [0.15, 0.2) is 0 Å². The highest BCUT2D eigenvalue weighted by Crippen LogP contribution is 2.33. The summed E-state index contributed by atoms with van der Waals surface area (Å²) in [7, 11) is 1.98. The average molecular weight is 308 g/mol. The Labute approximate surface area is 130 Å². The van der Waals surface area contributed by atoms with Gasteiger partial charge >= 0.3 is 0 Å². The fourth-order valence-electron chi connectivity index (χ4n) is 2.18. The second kappa shape index (κ2) is 6.68. The van der Waals surface area contributed by atoms with Crippen molar-refractivity contribution >= 4 is 27.4 Å². The lowest BCUT2D eigenvalue weighted by Gasteiger charge is -2.22. The molecule has 0 spiro atoms. The van der Waals surface area contributed by atoms with Gasteiger partial charge in [0.05, 0.1) is 18.5 Å². The van der Waals surface area contributed by atoms with E-state index in [4.69, 9.17) is 4.98 Å². The molecule has 0 aliphatic rings. The maximum Gasteiger partial charge on any atom is 0.146 e. The molecular formula is C15H24N4OS. The summed E-state index contributed by atoms with van der Waals surface area (Å²) in [5.74, 6) is 1.71. The van der Waals surface area contributed by atoms with Gasteiger partial charge in [0, 0.05) is 17.5 Å². The van der Waals surface area contributed by atoms with Gasteiger partial charge in [-0.05, 0) is 40.3 Å². The lowest BCUT2D eigenvalue weighted by atomic mass is 10.2. The van der Waals surface area contributed by atoms with Gasteiger partial charge in [-0.25, -0.2) is 9.97 Å². The van der Waals surface area contributed by atoms with Crippen LogP contribution in [-0.2, 0) is 6.54 Å². The normalized spacial score (nSPS) is 13.1. The zero-order chi connectivity index (χ0) is 15.6. The van der Waals surface area contributed by atoms with Crippen LogP contribution in [0, 0.1) is 13.8 Å². The number of hydrogen-bond donors (Lipinski definition) is 2. The van der Waals surface area contributed by atoms with E-state index < -0.39 is 0 Å². The summed E-state index contributed by atoms with van der Waals surface area (Å²) in [5.41, 5.74) is 1.26. The predicted molar refractivity (Wildman–Crippen MR) is 89.1 cm³/mol. The van der Waals surface area contributed by atoms with Crippen LogP contribution in [-0.4, -0.2) is 46.2 Å². The van der Waals surface area contributed by atoms with Gasteiger partial charge in [0.2, 0.25) is 0 Å². The standard InChI is InChI=1S/C15H24N4OS/c1-6-16-14-13-10(3)11(4)21-15(13)18-12(17-14)7-19(5)9(2)8-20/h9,20H,6-8H2,1-5H3,(H,16,17,18). The number of nitrogens with zero attached hydrogens (tertiary/aromatic N) is 3. The SMILES string of the molecule is CCNc1nc(CN(C)C(C)CO)nc2sc(C)c(C)c12. The Kier molecular flexibility index (Phi) is 5.13. The van der Waals surface area contributed by atoms with Crippen LogP contribution in [0.1, 0.15) is 30.1 Å². The third kappa shape index (κ3) is 3.33. The average Bonchev–Trinajstić information content (AvgIpc) is 2.73. The molecule has 6 heteroatoms. The first-order chi connectivity index (χ1) is 9.97. The van der Waals surface area contributed by atoms with Crippen LogP contribution >= 0.6 is 11.3 Å². The lowest BCUT2D eigenvalue weighted by molar-refractivity contribution is 0.151. The van der Waals surface area contributed by atoms with Crippen molar-refractivity contribution in [1.82, 2.24) is 14.9 Å². The summed E-state index contributed by atoms with van der Waals surface area (Å²) in [6.45, 7) is 9.91. The monoisotopic (exact) mass is 308 g/mol. The molecule has 1 atom stereocenters. The summed E-state index contributed by atoms with van der Waals surface area (Å²) >= 11 is 1.72. The molecule has 0 bridgehead atoms. The molecule has 0 amide bonds. The topological polar surface area (TPSA) is 61.3 Å². The van der Waals surface area contributed by atoms with E-state index in [1.807, 2.05) is 14.0 Å². The van der Waals surface area contributed by atoms with E-state index in [0.717, 1.165) is 28.4 Å². The van der Waals surface area contributed by atoms with Crippen LogP contribution in [0.3, 0.4) is 0 Å². The number of aliphatic hydroxyl groups excluding tert-OH is 1. The molecule has 2 aromatic heterocycles. The number of thiophene rings is 1. The number of fused-ring (bicyclic) bond motifs is 1. The minimum absolute atomic E-state index is 0.0960. The molecule has 0 radical (unpaired) electrons. The number of nitrogens with one attached hydrogen (secondary N) is 1. The number of aryl methyl sites for hydroxylation is 2. The van der Waals surface area contributed by atoms with Gasteiger partial charge in [0.15, 0.2) is 0 Å². The number of rotatable bonds is 6. The van der Waals surface area contributed by atoms with Crippen LogP contribution in [0.4, 0.5) is 5.82 Å². The molecule has 21 heavy (non-hydrogen) atoms. The van der Waals surface area contributed by atoms with Crippen molar-refractivity contribution in [2.24, 2.45) is 0 Å². The molecule has 0 aliphatic carbocycles. The van der Waals surface area contributed by atoms with Gasteiger partial charge in [-0.15, -0.1) is 11.3 Å². The van der Waals surface area contributed by atoms with Gasteiger partial charge in [0.1, 0.15) is 16.5 Å². The first-order valence-electron chi connectivity index (χ1n) is 7.29. The maximum absolute atomic E-state index is 9.24. The van der Waals surface area contributed by atoms with Crippen molar-refractivity contribution in [3.63, 3.8) is 0 Å². The maximum atomic E-state index is 9.24. The lowest BCUT2D eigenvalue weighted by Crippen LogP contribution is -2.32. The van der Waals surface area contributed by atoms with Gasteiger partial charge in [-0.3, -0.25) is 4.90 Å². The van der Waals surface area contributed by atoms with Crippen LogP contribution in [0.25, 0.3) is 10.2 Å². The van der Waals surface area contributed by atoms with Crippen LogP contribution in [0.2, 0.25) is 0 Å². The van der Waals surface area contributed by atoms with Crippen molar-refractivity contribution in [3.8, 4) is 0 Å². The van der Waals surface area contributed by atoms with Crippen molar-refractivity contribution in [3.05, 3.63) is 16.3 Å². The molecule has 0 saturated heterocycles. The predicted octanol–water partition coefficient (Wildman–Crippen LogP) is 2.55. The van der Waals surface area contributed by atoms with E-state index in [1.54, 1.807) is 11.3 Å². The summed E-state index contributed by atoms with van der Waals surface area (Å²) < 4.78 is 0. The van der Waals surface area contributed by atoms with E-state index in [2.05, 4.69) is 36.0 Å². The minimum atomic E-state index is 0.0960. The van der Waals surface area contributed by atoms with E-state index in [0.29, 0.717) is 6.54 Å². The fraction of sp³-hybridized carbons (Fsp3) is 0.600. The fourth-order valence-corrected chi connectivity index (χ4v) is 3.23. The first kappa shape index (κ1) is 16.1. The highest BCUT2D eigenvalue weighted by atomic mass is 32.1. The molecule has 2 heterocycles.